The molecule has 6 heteroatoms. The minimum atomic E-state index is -0.272. The normalized spacial score (nSPS) is 19.9. The SMILES string of the molecule is CCNCC1CCCN1c1nc[nH]c(=O)c1Cl. The Bertz CT molecular complexity index is 434. The molecule has 1 aromatic heterocycles. The highest BCUT2D eigenvalue weighted by Crippen LogP contribution is 2.26. The van der Waals surface area contributed by atoms with Crippen LogP contribution in [0.2, 0.25) is 5.02 Å². The Labute approximate surface area is 105 Å². The molecule has 1 fully saturated rings. The van der Waals surface area contributed by atoms with E-state index >= 15 is 0 Å². The van der Waals surface area contributed by atoms with E-state index in [4.69, 9.17) is 11.6 Å². The van der Waals surface area contributed by atoms with Crippen LogP contribution in [-0.2, 0) is 0 Å². The molecule has 2 N–H and O–H groups in total. The molecule has 1 aromatic rings. The van der Waals surface area contributed by atoms with E-state index in [1.54, 1.807) is 0 Å². The Morgan fingerprint density at radius 1 is 1.71 bits per heavy atom. The summed E-state index contributed by atoms with van der Waals surface area (Å²) < 4.78 is 0. The van der Waals surface area contributed by atoms with Crippen LogP contribution in [0.1, 0.15) is 19.8 Å². The van der Waals surface area contributed by atoms with Crippen molar-refractivity contribution in [1.29, 1.82) is 0 Å². The summed E-state index contributed by atoms with van der Waals surface area (Å²) in [6, 6.07) is 0.377. The fourth-order valence-electron chi connectivity index (χ4n) is 2.21. The molecule has 0 aliphatic carbocycles. The molecule has 0 aromatic carbocycles. The second kappa shape index (κ2) is 5.51. The fraction of sp³-hybridized carbons (Fsp3) is 0.636. The van der Waals surface area contributed by atoms with E-state index in [9.17, 15) is 4.79 Å². The molecule has 0 bridgehead atoms. The molecule has 0 amide bonds. The first-order valence-electron chi connectivity index (χ1n) is 5.94. The average molecular weight is 257 g/mol. The van der Waals surface area contributed by atoms with Crippen molar-refractivity contribution < 1.29 is 0 Å². The van der Waals surface area contributed by atoms with Gasteiger partial charge in [-0.2, -0.15) is 0 Å². The molecule has 2 rings (SSSR count). The van der Waals surface area contributed by atoms with Crippen LogP contribution >= 0.6 is 11.6 Å². The zero-order valence-electron chi connectivity index (χ0n) is 9.87. The van der Waals surface area contributed by atoms with Gasteiger partial charge in [-0.25, -0.2) is 4.98 Å². The largest absolute Gasteiger partial charge is 0.351 e. The lowest BCUT2D eigenvalue weighted by Crippen LogP contribution is -2.39. The number of rotatable bonds is 4. The standard InChI is InChI=1S/C11H17ClN4O/c1-2-13-6-8-4-3-5-16(8)10-9(12)11(17)15-7-14-10/h7-8,13H,2-6H2,1H3,(H,14,15,17). The van der Waals surface area contributed by atoms with Crippen LogP contribution in [0.4, 0.5) is 5.82 Å². The van der Waals surface area contributed by atoms with Crippen LogP contribution in [0.3, 0.4) is 0 Å². The molecule has 1 aliphatic heterocycles. The highest BCUT2D eigenvalue weighted by molar-refractivity contribution is 6.32. The molecular formula is C11H17ClN4O. The van der Waals surface area contributed by atoms with E-state index in [0.717, 1.165) is 32.5 Å². The minimum absolute atomic E-state index is 0.191. The monoisotopic (exact) mass is 256 g/mol. The number of halogens is 1. The summed E-state index contributed by atoms with van der Waals surface area (Å²) in [7, 11) is 0. The molecule has 1 atom stereocenters. The Morgan fingerprint density at radius 2 is 2.53 bits per heavy atom. The second-order valence-electron chi connectivity index (χ2n) is 4.17. The number of H-pyrrole nitrogens is 1. The summed E-state index contributed by atoms with van der Waals surface area (Å²) in [6.45, 7) is 4.84. The van der Waals surface area contributed by atoms with Gasteiger partial charge in [0.15, 0.2) is 5.82 Å². The molecule has 5 nitrogen and oxygen atoms in total. The first-order chi connectivity index (χ1) is 8.24. The lowest BCUT2D eigenvalue weighted by Gasteiger charge is -2.26. The minimum Gasteiger partial charge on any atom is -0.351 e. The van der Waals surface area contributed by atoms with Crippen molar-refractivity contribution in [2.45, 2.75) is 25.8 Å². The highest BCUT2D eigenvalue weighted by atomic mass is 35.5. The topological polar surface area (TPSA) is 61.0 Å². The van der Waals surface area contributed by atoms with Gasteiger partial charge in [-0.1, -0.05) is 18.5 Å². The third-order valence-electron chi connectivity index (χ3n) is 3.06. The van der Waals surface area contributed by atoms with Crippen LogP contribution in [0.25, 0.3) is 0 Å². The number of hydrogen-bond donors (Lipinski definition) is 2. The predicted molar refractivity (Wildman–Crippen MR) is 68.8 cm³/mol. The van der Waals surface area contributed by atoms with Crippen molar-refractivity contribution >= 4 is 17.4 Å². The smallest absolute Gasteiger partial charge is 0.271 e. The summed E-state index contributed by atoms with van der Waals surface area (Å²) in [5, 5.41) is 3.52. The van der Waals surface area contributed by atoms with Crippen LogP contribution in [-0.4, -0.2) is 35.6 Å². The van der Waals surface area contributed by atoms with Gasteiger partial charge in [-0.3, -0.25) is 4.79 Å². The van der Waals surface area contributed by atoms with E-state index in [-0.39, 0.29) is 10.6 Å². The van der Waals surface area contributed by atoms with Crippen molar-refractivity contribution in [3.05, 3.63) is 21.7 Å². The van der Waals surface area contributed by atoms with Crippen LogP contribution in [0.15, 0.2) is 11.1 Å². The van der Waals surface area contributed by atoms with Gasteiger partial charge in [0, 0.05) is 19.1 Å². The van der Waals surface area contributed by atoms with E-state index in [2.05, 4.69) is 27.1 Å². The first-order valence-corrected chi connectivity index (χ1v) is 6.32. The molecule has 0 radical (unpaired) electrons. The van der Waals surface area contributed by atoms with Gasteiger partial charge in [0.1, 0.15) is 5.02 Å². The Morgan fingerprint density at radius 3 is 3.29 bits per heavy atom. The molecular weight excluding hydrogens is 240 g/mol. The van der Waals surface area contributed by atoms with Crippen molar-refractivity contribution in [2.24, 2.45) is 0 Å². The number of hydrogen-bond acceptors (Lipinski definition) is 4. The number of aromatic amines is 1. The summed E-state index contributed by atoms with van der Waals surface area (Å²) in [4.78, 5) is 20.2. The average Bonchev–Trinajstić information content (AvgIpc) is 2.78. The maximum absolute atomic E-state index is 11.4. The van der Waals surface area contributed by atoms with Crippen LogP contribution < -0.4 is 15.8 Å². The maximum Gasteiger partial charge on any atom is 0.271 e. The zero-order chi connectivity index (χ0) is 12.3. The molecule has 94 valence electrons. The van der Waals surface area contributed by atoms with Gasteiger partial charge in [0.05, 0.1) is 6.33 Å². The third-order valence-corrected chi connectivity index (χ3v) is 3.40. The molecule has 2 heterocycles. The number of nitrogens with one attached hydrogen (secondary N) is 2. The lowest BCUT2D eigenvalue weighted by molar-refractivity contribution is 0.584. The van der Waals surface area contributed by atoms with Crippen molar-refractivity contribution in [2.75, 3.05) is 24.5 Å². The molecule has 1 aliphatic rings. The molecule has 0 saturated carbocycles. The van der Waals surface area contributed by atoms with Gasteiger partial charge in [-0.05, 0) is 19.4 Å². The quantitative estimate of drug-likeness (QED) is 0.844. The summed E-state index contributed by atoms with van der Waals surface area (Å²) in [6.07, 6.45) is 3.63. The fourth-order valence-corrected chi connectivity index (χ4v) is 2.42. The highest BCUT2D eigenvalue weighted by Gasteiger charge is 2.27. The molecule has 0 spiro atoms. The summed E-state index contributed by atoms with van der Waals surface area (Å²) >= 11 is 6.00. The van der Waals surface area contributed by atoms with Gasteiger partial charge >= 0.3 is 0 Å². The number of likely N-dealkylation sites (N-methyl/N-ethyl adjacent to an activating group) is 1. The van der Waals surface area contributed by atoms with Crippen LogP contribution in [0, 0.1) is 0 Å². The van der Waals surface area contributed by atoms with E-state index < -0.39 is 0 Å². The summed E-state index contributed by atoms with van der Waals surface area (Å²) in [5.41, 5.74) is -0.272. The lowest BCUT2D eigenvalue weighted by atomic mass is 10.2. The Balaban J connectivity index is 2.20. The first kappa shape index (κ1) is 12.4. The van der Waals surface area contributed by atoms with Crippen LogP contribution in [0.5, 0.6) is 0 Å². The second-order valence-corrected chi connectivity index (χ2v) is 4.54. The van der Waals surface area contributed by atoms with E-state index in [1.807, 2.05) is 0 Å². The molecule has 1 saturated heterocycles. The Kier molecular flexibility index (Phi) is 4.02. The van der Waals surface area contributed by atoms with Crippen molar-refractivity contribution in [3.8, 4) is 0 Å². The predicted octanol–water partition coefficient (Wildman–Crippen LogP) is 1.00. The van der Waals surface area contributed by atoms with E-state index in [1.165, 1.54) is 6.33 Å². The van der Waals surface area contributed by atoms with Crippen molar-refractivity contribution in [3.63, 3.8) is 0 Å². The maximum atomic E-state index is 11.4. The summed E-state index contributed by atoms with van der Waals surface area (Å²) in [5.74, 6) is 0.607. The van der Waals surface area contributed by atoms with Gasteiger partial charge in [0.25, 0.3) is 5.56 Å². The van der Waals surface area contributed by atoms with Gasteiger partial charge in [-0.15, -0.1) is 0 Å². The Hall–Kier alpha value is -1.07. The molecule has 17 heavy (non-hydrogen) atoms. The number of aromatic nitrogens is 2. The third kappa shape index (κ3) is 2.61. The zero-order valence-corrected chi connectivity index (χ0v) is 10.6. The molecule has 1 unspecified atom stereocenters. The number of anilines is 1. The van der Waals surface area contributed by atoms with E-state index in [0.29, 0.717) is 11.9 Å². The number of nitrogens with zero attached hydrogens (tertiary/aromatic N) is 2. The van der Waals surface area contributed by atoms with Gasteiger partial charge in [0.2, 0.25) is 0 Å². The van der Waals surface area contributed by atoms with Gasteiger partial charge < -0.3 is 15.2 Å². The van der Waals surface area contributed by atoms with Crippen molar-refractivity contribution in [1.82, 2.24) is 15.3 Å².